The third-order valence-corrected chi connectivity index (χ3v) is 11.5. The van der Waals surface area contributed by atoms with Crippen LogP contribution in [0.25, 0.3) is 0 Å². The van der Waals surface area contributed by atoms with Crippen LogP contribution in [0.2, 0.25) is 0 Å². The molecule has 11 rings (SSSR count). The summed E-state index contributed by atoms with van der Waals surface area (Å²) in [4.78, 5) is 7.09. The van der Waals surface area contributed by atoms with Gasteiger partial charge in [-0.15, -0.1) is 0 Å². The average molecular weight is 736 g/mol. The summed E-state index contributed by atoms with van der Waals surface area (Å²) in [5.41, 5.74) is 16.8. The lowest BCUT2D eigenvalue weighted by Crippen LogP contribution is -2.59. The Morgan fingerprint density at radius 3 is 1.16 bits per heavy atom. The molecule has 5 nitrogen and oxygen atoms in total. The second kappa shape index (κ2) is 13.0. The van der Waals surface area contributed by atoms with Crippen LogP contribution in [0.4, 0.5) is 51.2 Å². The molecule has 3 heterocycles. The maximum absolute atomic E-state index is 7.00. The Balaban J connectivity index is 1.24. The van der Waals surface area contributed by atoms with Crippen molar-refractivity contribution in [3.63, 3.8) is 0 Å². The van der Waals surface area contributed by atoms with Crippen molar-refractivity contribution in [2.45, 2.75) is 20.8 Å². The van der Waals surface area contributed by atoms with Gasteiger partial charge in [-0.2, -0.15) is 0 Å². The largest absolute Gasteiger partial charge is 0.453 e. The van der Waals surface area contributed by atoms with E-state index < -0.39 is 0 Å². The molecule has 0 spiro atoms. The van der Waals surface area contributed by atoms with Crippen LogP contribution in [-0.2, 0) is 0 Å². The van der Waals surface area contributed by atoms with Gasteiger partial charge in [0.2, 0.25) is 6.71 Å². The highest BCUT2D eigenvalue weighted by molar-refractivity contribution is 6.98. The number of nitrogens with zero attached hydrogens (tertiary/aromatic N) is 3. The number of para-hydroxylation sites is 5. The predicted octanol–water partition coefficient (Wildman–Crippen LogP) is 12.1. The van der Waals surface area contributed by atoms with E-state index in [1.54, 1.807) is 0 Å². The smallest absolute Gasteiger partial charge is 0.247 e. The normalized spacial score (nSPS) is 12.7. The molecule has 8 aromatic carbocycles. The van der Waals surface area contributed by atoms with Crippen molar-refractivity contribution in [3.05, 3.63) is 193 Å². The van der Waals surface area contributed by atoms with Crippen LogP contribution >= 0.6 is 0 Å². The highest BCUT2D eigenvalue weighted by atomic mass is 16.5. The predicted molar refractivity (Wildman–Crippen MR) is 236 cm³/mol. The van der Waals surface area contributed by atoms with Crippen molar-refractivity contribution in [1.29, 1.82) is 0 Å². The zero-order valence-electron chi connectivity index (χ0n) is 32.0. The van der Waals surface area contributed by atoms with E-state index in [0.29, 0.717) is 0 Å². The van der Waals surface area contributed by atoms with Crippen LogP contribution < -0.4 is 40.6 Å². The Bertz CT molecular complexity index is 2580. The van der Waals surface area contributed by atoms with Crippen LogP contribution in [0.5, 0.6) is 23.0 Å². The van der Waals surface area contributed by atoms with Crippen molar-refractivity contribution in [2.24, 2.45) is 0 Å². The van der Waals surface area contributed by atoms with Crippen molar-refractivity contribution in [3.8, 4) is 23.0 Å². The number of hydrogen-bond acceptors (Lipinski definition) is 5. The summed E-state index contributed by atoms with van der Waals surface area (Å²) in [7, 11) is 0. The molecule has 0 unspecified atom stereocenters. The molecule has 0 saturated heterocycles. The number of rotatable bonds is 7. The molecule has 272 valence electrons. The second-order valence-corrected chi connectivity index (χ2v) is 15.2. The molecule has 3 aliphatic rings. The van der Waals surface area contributed by atoms with Gasteiger partial charge in [-0.1, -0.05) is 113 Å². The second-order valence-electron chi connectivity index (χ2n) is 15.2. The van der Waals surface area contributed by atoms with Crippen molar-refractivity contribution < 1.29 is 9.47 Å². The van der Waals surface area contributed by atoms with E-state index in [0.717, 1.165) is 74.2 Å². The van der Waals surface area contributed by atoms with Crippen LogP contribution in [0.1, 0.15) is 16.7 Å². The number of anilines is 9. The minimum atomic E-state index is -0.148. The molecule has 0 saturated carbocycles. The fourth-order valence-electron chi connectivity index (χ4n) is 9.35. The molecule has 8 aromatic rings. The maximum atomic E-state index is 7.00. The van der Waals surface area contributed by atoms with Crippen LogP contribution in [0.3, 0.4) is 0 Å². The number of hydrogen-bond donors (Lipinski definition) is 0. The van der Waals surface area contributed by atoms with Gasteiger partial charge in [0, 0.05) is 46.3 Å². The Hall–Kier alpha value is -7.18. The molecule has 0 aliphatic carbocycles. The molecule has 0 aromatic heterocycles. The lowest BCUT2D eigenvalue weighted by Gasteiger charge is -2.45. The molecule has 0 N–H and O–H groups in total. The summed E-state index contributed by atoms with van der Waals surface area (Å²) in [6.45, 7) is 6.56. The topological polar surface area (TPSA) is 28.2 Å². The third-order valence-electron chi connectivity index (χ3n) is 11.5. The summed E-state index contributed by atoms with van der Waals surface area (Å²) < 4.78 is 14.0. The minimum absolute atomic E-state index is 0.148. The van der Waals surface area contributed by atoms with Gasteiger partial charge in [-0.3, -0.25) is 4.90 Å². The summed E-state index contributed by atoms with van der Waals surface area (Å²) in [6, 6.07) is 62.4. The fourth-order valence-corrected chi connectivity index (χ4v) is 9.35. The average Bonchev–Trinajstić information content (AvgIpc) is 3.23. The van der Waals surface area contributed by atoms with Gasteiger partial charge in [-0.25, -0.2) is 0 Å². The molecule has 0 fully saturated rings. The van der Waals surface area contributed by atoms with Gasteiger partial charge >= 0.3 is 0 Å². The molecule has 0 radical (unpaired) electrons. The molecular weight excluding hydrogens is 697 g/mol. The van der Waals surface area contributed by atoms with Crippen LogP contribution in [0.15, 0.2) is 176 Å². The highest BCUT2D eigenvalue weighted by Gasteiger charge is 2.47. The Morgan fingerprint density at radius 2 is 0.772 bits per heavy atom. The fraction of sp³-hybridized carbons (Fsp3) is 0.0588. The zero-order valence-corrected chi connectivity index (χ0v) is 32.0. The highest BCUT2D eigenvalue weighted by Crippen LogP contribution is 2.61. The molecule has 3 aliphatic heterocycles. The summed E-state index contributed by atoms with van der Waals surface area (Å²) in [5, 5.41) is 0. The van der Waals surface area contributed by atoms with E-state index in [2.05, 4.69) is 205 Å². The third kappa shape index (κ3) is 5.25. The van der Waals surface area contributed by atoms with Gasteiger partial charge in [0.15, 0.2) is 23.0 Å². The number of benzene rings is 8. The summed E-state index contributed by atoms with van der Waals surface area (Å²) in [6.07, 6.45) is 0. The zero-order chi connectivity index (χ0) is 38.2. The SMILES string of the molecule is Cc1cc(C)c(B2c3cc(N(c4ccccc4)c4ccccc4)cc4c3N3c5c(cccc5Oc5cc(N(c6ccccc6)c6ccccc6)cc2c53)O4)c(C)c1. The van der Waals surface area contributed by atoms with Gasteiger partial charge in [-0.05, 0) is 104 Å². The maximum Gasteiger partial charge on any atom is 0.247 e. The quantitative estimate of drug-likeness (QED) is 0.152. The molecular formula is C51H38BN3O2. The van der Waals surface area contributed by atoms with E-state index in [-0.39, 0.29) is 6.71 Å². The summed E-state index contributed by atoms with van der Waals surface area (Å²) in [5.74, 6) is 3.17. The lowest BCUT2D eigenvalue weighted by molar-refractivity contribution is 0.446. The minimum Gasteiger partial charge on any atom is -0.453 e. The van der Waals surface area contributed by atoms with E-state index in [1.807, 2.05) is 6.07 Å². The van der Waals surface area contributed by atoms with Crippen LogP contribution in [-0.4, -0.2) is 6.71 Å². The van der Waals surface area contributed by atoms with Gasteiger partial charge in [0.05, 0.1) is 11.4 Å². The van der Waals surface area contributed by atoms with Crippen molar-refractivity contribution in [1.82, 2.24) is 0 Å². The van der Waals surface area contributed by atoms with E-state index in [9.17, 15) is 0 Å². The Kier molecular flexibility index (Phi) is 7.55. The number of aryl methyl sites for hydroxylation is 3. The van der Waals surface area contributed by atoms with Crippen molar-refractivity contribution >= 4 is 74.3 Å². The summed E-state index contributed by atoms with van der Waals surface area (Å²) >= 11 is 0. The molecule has 57 heavy (non-hydrogen) atoms. The van der Waals surface area contributed by atoms with E-state index >= 15 is 0 Å². The number of ether oxygens (including phenoxy) is 2. The van der Waals surface area contributed by atoms with Gasteiger partial charge in [0.1, 0.15) is 5.69 Å². The first-order valence-electron chi connectivity index (χ1n) is 19.5. The molecule has 0 amide bonds. The monoisotopic (exact) mass is 735 g/mol. The Morgan fingerprint density at radius 1 is 0.386 bits per heavy atom. The van der Waals surface area contributed by atoms with Crippen LogP contribution in [0, 0.1) is 20.8 Å². The van der Waals surface area contributed by atoms with Gasteiger partial charge in [0.25, 0.3) is 0 Å². The first kappa shape index (κ1) is 33.2. The molecule has 0 bridgehead atoms. The van der Waals surface area contributed by atoms with E-state index in [4.69, 9.17) is 9.47 Å². The first-order valence-corrected chi connectivity index (χ1v) is 19.5. The first-order chi connectivity index (χ1) is 28.0. The Labute approximate surface area is 333 Å². The standard InChI is InChI=1S/C51H38BN3O2/c1-33-27-34(2)48(35(3)28-33)52-42-29-40(53(36-17-8-4-9-18-36)37-19-10-5-11-20-37)31-46-49(42)55-50-43(52)30-41(32-47(50)57-45-26-16-25-44(56-46)51(45)55)54(38-21-12-6-13-22-38)39-23-14-7-15-24-39/h4-32H,1-3H3. The molecule has 6 heteroatoms. The lowest BCUT2D eigenvalue weighted by atomic mass is 9.33. The van der Waals surface area contributed by atoms with Gasteiger partial charge < -0.3 is 19.3 Å². The van der Waals surface area contributed by atoms with Crippen molar-refractivity contribution in [2.75, 3.05) is 14.7 Å². The van der Waals surface area contributed by atoms with E-state index in [1.165, 1.54) is 33.1 Å². The molecule has 0 atom stereocenters.